The zero-order valence-electron chi connectivity index (χ0n) is 15.5. The van der Waals surface area contributed by atoms with Crippen molar-refractivity contribution in [3.8, 4) is 5.75 Å². The van der Waals surface area contributed by atoms with Gasteiger partial charge < -0.3 is 15.2 Å². The molecule has 1 aromatic carbocycles. The second-order valence-corrected chi connectivity index (χ2v) is 7.87. The van der Waals surface area contributed by atoms with Crippen LogP contribution in [-0.4, -0.2) is 34.8 Å². The number of carbonyl (C=O) groups excluding carboxylic acids is 1. The van der Waals surface area contributed by atoms with Crippen LogP contribution in [0.15, 0.2) is 30.5 Å². The number of aliphatic hydroxyl groups excluding tert-OH is 1. The van der Waals surface area contributed by atoms with E-state index in [0.717, 1.165) is 38.5 Å². The van der Waals surface area contributed by atoms with Crippen LogP contribution in [0, 0.1) is 11.8 Å². The first-order valence-electron chi connectivity index (χ1n) is 9.83. The maximum Gasteiger partial charge on any atom is 0.387 e. The largest absolute Gasteiger partial charge is 0.435 e. The molecular formula is C21H26F2N2O3. The number of carbonyl (C=O) groups is 1. The Morgan fingerprint density at radius 3 is 2.46 bits per heavy atom. The lowest BCUT2D eigenvalue weighted by atomic mass is 9.81. The topological polar surface area (TPSA) is 71.5 Å². The van der Waals surface area contributed by atoms with E-state index in [2.05, 4.69) is 15.0 Å². The quantitative estimate of drug-likeness (QED) is 0.775. The van der Waals surface area contributed by atoms with Gasteiger partial charge >= 0.3 is 6.61 Å². The molecule has 2 aliphatic rings. The van der Waals surface area contributed by atoms with E-state index in [-0.39, 0.29) is 25.2 Å². The van der Waals surface area contributed by atoms with E-state index in [1.165, 1.54) is 18.3 Å². The minimum absolute atomic E-state index is 0. The summed E-state index contributed by atoms with van der Waals surface area (Å²) in [5.74, 6) is 0.699. The van der Waals surface area contributed by atoms with Gasteiger partial charge in [0, 0.05) is 25.1 Å². The molecule has 2 N–H and O–H groups in total. The number of alkyl halides is 2. The molecule has 0 aliphatic heterocycles. The number of hydrogen-bond donors (Lipinski definition) is 2. The summed E-state index contributed by atoms with van der Waals surface area (Å²) in [7, 11) is 0. The van der Waals surface area contributed by atoms with Crippen molar-refractivity contribution in [2.75, 3.05) is 0 Å². The van der Waals surface area contributed by atoms with Gasteiger partial charge in [-0.3, -0.25) is 9.78 Å². The van der Waals surface area contributed by atoms with Gasteiger partial charge in [0.15, 0.2) is 0 Å². The maximum atomic E-state index is 12.6. The van der Waals surface area contributed by atoms with Crippen LogP contribution in [0.3, 0.4) is 0 Å². The zero-order valence-corrected chi connectivity index (χ0v) is 15.5. The summed E-state index contributed by atoms with van der Waals surface area (Å²) in [4.78, 5) is 16.8. The molecule has 0 radical (unpaired) electrons. The Labute approximate surface area is 163 Å². The number of benzene rings is 1. The average Bonchev–Trinajstić information content (AvgIpc) is 3.52. The summed E-state index contributed by atoms with van der Waals surface area (Å²) in [5.41, 5.74) is 0.930. The van der Waals surface area contributed by atoms with Crippen molar-refractivity contribution in [2.45, 2.75) is 57.3 Å². The van der Waals surface area contributed by atoms with Crippen LogP contribution in [0.4, 0.5) is 8.78 Å². The highest BCUT2D eigenvalue weighted by Gasteiger charge is 2.37. The van der Waals surface area contributed by atoms with Crippen LogP contribution in [0.5, 0.6) is 5.75 Å². The zero-order chi connectivity index (χ0) is 19.7. The van der Waals surface area contributed by atoms with Crippen LogP contribution >= 0.6 is 0 Å². The Morgan fingerprint density at radius 2 is 1.82 bits per heavy atom. The predicted octanol–water partition coefficient (Wildman–Crippen LogP) is 4.14. The smallest absolute Gasteiger partial charge is 0.387 e. The summed E-state index contributed by atoms with van der Waals surface area (Å²) >= 11 is 0. The maximum absolute atomic E-state index is 12.6. The van der Waals surface area contributed by atoms with Gasteiger partial charge in [0.2, 0.25) is 0 Å². The molecule has 1 aromatic heterocycles. The van der Waals surface area contributed by atoms with Crippen molar-refractivity contribution >= 4 is 16.8 Å². The molecule has 1 amide bonds. The van der Waals surface area contributed by atoms with E-state index in [9.17, 15) is 18.7 Å². The molecule has 1 heterocycles. The lowest BCUT2D eigenvalue weighted by Crippen LogP contribution is -2.39. The van der Waals surface area contributed by atoms with E-state index in [4.69, 9.17) is 0 Å². The number of hydrogen-bond acceptors (Lipinski definition) is 4. The molecule has 28 heavy (non-hydrogen) atoms. The number of amides is 1. The SMILES string of the molecule is O=C(NC1CCC(C(O)C2CC2)CC1)c1cnc2cc(OC(F)F)ccc2c1.[HH]. The van der Waals surface area contributed by atoms with Crippen LogP contribution in [0.1, 0.15) is 50.3 Å². The molecule has 152 valence electrons. The second kappa shape index (κ2) is 7.99. The third kappa shape index (κ3) is 4.41. The normalized spacial score (nSPS) is 23.6. The van der Waals surface area contributed by atoms with E-state index in [0.29, 0.717) is 28.3 Å². The number of halogens is 2. The molecule has 5 nitrogen and oxygen atoms in total. The molecule has 2 aromatic rings. The number of aromatic nitrogens is 1. The molecule has 2 fully saturated rings. The highest BCUT2D eigenvalue weighted by atomic mass is 19.3. The summed E-state index contributed by atoms with van der Waals surface area (Å²) < 4.78 is 29.0. The lowest BCUT2D eigenvalue weighted by molar-refractivity contribution is -0.0497. The molecule has 2 saturated carbocycles. The number of nitrogens with one attached hydrogen (secondary N) is 1. The number of fused-ring (bicyclic) bond motifs is 1. The average molecular weight is 392 g/mol. The summed E-state index contributed by atoms with van der Waals surface area (Å²) in [5, 5.41) is 14.0. The predicted molar refractivity (Wildman–Crippen MR) is 102 cm³/mol. The molecular weight excluding hydrogens is 366 g/mol. The summed E-state index contributed by atoms with van der Waals surface area (Å²) in [6, 6.07) is 6.28. The Bertz CT molecular complexity index is 855. The Kier molecular flexibility index (Phi) is 5.44. The van der Waals surface area contributed by atoms with Gasteiger partial charge in [-0.1, -0.05) is 0 Å². The fourth-order valence-corrected chi connectivity index (χ4v) is 4.10. The monoisotopic (exact) mass is 392 g/mol. The van der Waals surface area contributed by atoms with Crippen LogP contribution < -0.4 is 10.1 Å². The Morgan fingerprint density at radius 1 is 1.14 bits per heavy atom. The van der Waals surface area contributed by atoms with Gasteiger partial charge in [-0.15, -0.1) is 0 Å². The number of rotatable bonds is 6. The highest BCUT2D eigenvalue weighted by Crippen LogP contribution is 2.40. The van der Waals surface area contributed by atoms with Gasteiger partial charge in [0.25, 0.3) is 5.91 Å². The lowest BCUT2D eigenvalue weighted by Gasteiger charge is -2.32. The number of pyridine rings is 1. The molecule has 1 unspecified atom stereocenters. The van der Waals surface area contributed by atoms with Crippen molar-refractivity contribution in [1.82, 2.24) is 10.3 Å². The van der Waals surface area contributed by atoms with Crippen molar-refractivity contribution in [2.24, 2.45) is 11.8 Å². The van der Waals surface area contributed by atoms with E-state index in [1.54, 1.807) is 12.1 Å². The molecule has 7 heteroatoms. The first kappa shape index (κ1) is 19.1. The minimum atomic E-state index is -2.89. The van der Waals surface area contributed by atoms with Crippen LogP contribution in [0.25, 0.3) is 10.9 Å². The van der Waals surface area contributed by atoms with Gasteiger partial charge in [-0.25, -0.2) is 0 Å². The third-order valence-electron chi connectivity index (χ3n) is 5.84. The molecule has 4 rings (SSSR count). The number of nitrogens with zero attached hydrogens (tertiary/aromatic N) is 1. The van der Waals surface area contributed by atoms with Crippen molar-refractivity contribution in [3.05, 3.63) is 36.0 Å². The van der Waals surface area contributed by atoms with Crippen LogP contribution in [0.2, 0.25) is 0 Å². The Hall–Kier alpha value is -2.28. The highest BCUT2D eigenvalue weighted by molar-refractivity contribution is 5.97. The molecule has 0 bridgehead atoms. The van der Waals surface area contributed by atoms with E-state index in [1.807, 2.05) is 0 Å². The van der Waals surface area contributed by atoms with Crippen molar-refractivity contribution in [3.63, 3.8) is 0 Å². The first-order valence-corrected chi connectivity index (χ1v) is 9.83. The number of ether oxygens (including phenoxy) is 1. The van der Waals surface area contributed by atoms with Gasteiger partial charge in [-0.05, 0) is 68.6 Å². The van der Waals surface area contributed by atoms with Crippen molar-refractivity contribution in [1.29, 1.82) is 0 Å². The summed E-state index contributed by atoms with van der Waals surface area (Å²) in [6.07, 6.45) is 7.17. The first-order chi connectivity index (χ1) is 13.5. The molecule has 2 aliphatic carbocycles. The molecule has 0 spiro atoms. The van der Waals surface area contributed by atoms with Gasteiger partial charge in [0.05, 0.1) is 17.2 Å². The van der Waals surface area contributed by atoms with Gasteiger partial charge in [-0.2, -0.15) is 8.78 Å². The van der Waals surface area contributed by atoms with Gasteiger partial charge in [0.1, 0.15) is 5.75 Å². The molecule has 0 saturated heterocycles. The third-order valence-corrected chi connectivity index (χ3v) is 5.84. The molecule has 1 atom stereocenters. The fraction of sp³-hybridized carbons (Fsp3) is 0.524. The second-order valence-electron chi connectivity index (χ2n) is 7.87. The minimum Gasteiger partial charge on any atom is -0.435 e. The van der Waals surface area contributed by atoms with Crippen LogP contribution in [-0.2, 0) is 0 Å². The van der Waals surface area contributed by atoms with E-state index < -0.39 is 6.61 Å². The van der Waals surface area contributed by atoms with Crippen molar-refractivity contribution < 1.29 is 24.8 Å². The van der Waals surface area contributed by atoms with E-state index >= 15 is 0 Å². The number of aliphatic hydroxyl groups is 1. The fourth-order valence-electron chi connectivity index (χ4n) is 4.10. The Balaban J connectivity index is 0.00000240. The standard InChI is InChI=1S/C21H24F2N2O3.H2/c22-21(23)28-17-8-5-14-9-15(11-24-18(14)10-17)20(27)25-16-6-3-13(4-7-16)19(26)12-1-2-12;/h5,8-13,16,19,21,26H,1-4,6-7H2,(H,25,27);1H. The summed E-state index contributed by atoms with van der Waals surface area (Å²) in [6.45, 7) is -2.89.